The number of amides is 1. The van der Waals surface area contributed by atoms with Crippen molar-refractivity contribution in [3.8, 4) is 0 Å². The fourth-order valence-corrected chi connectivity index (χ4v) is 2.83. The first-order valence-corrected chi connectivity index (χ1v) is 9.11. The van der Waals surface area contributed by atoms with Gasteiger partial charge in [0.05, 0.1) is 0 Å². The van der Waals surface area contributed by atoms with Crippen molar-refractivity contribution in [1.29, 1.82) is 0 Å². The fourth-order valence-electron chi connectivity index (χ4n) is 2.71. The molecule has 1 aliphatic rings. The molecule has 6 heteroatoms. The maximum atomic E-state index is 12.0. The molecule has 1 aromatic rings. The van der Waals surface area contributed by atoms with Crippen LogP contribution in [0.1, 0.15) is 31.7 Å². The first-order chi connectivity index (χ1) is 11.7. The van der Waals surface area contributed by atoms with Crippen LogP contribution in [0.4, 0.5) is 0 Å². The van der Waals surface area contributed by atoms with Gasteiger partial charge in [0.25, 0.3) is 0 Å². The van der Waals surface area contributed by atoms with Crippen LogP contribution in [0, 0.1) is 0 Å². The number of hydrogen-bond acceptors (Lipinski definition) is 2. The molecule has 1 heterocycles. The molecule has 2 rings (SSSR count). The maximum absolute atomic E-state index is 12.0. The number of nitrogens with one attached hydrogen (secondary N) is 2. The van der Waals surface area contributed by atoms with Crippen LogP contribution >= 0.6 is 11.6 Å². The quantitative estimate of drug-likeness (QED) is 0.451. The topological polar surface area (TPSA) is 56.7 Å². The van der Waals surface area contributed by atoms with E-state index in [0.717, 1.165) is 56.9 Å². The minimum Gasteiger partial charge on any atom is -0.357 e. The lowest BCUT2D eigenvalue weighted by Gasteiger charge is -2.15. The van der Waals surface area contributed by atoms with Crippen LogP contribution in [0.25, 0.3) is 0 Å². The zero-order valence-electron chi connectivity index (χ0n) is 14.4. The highest BCUT2D eigenvalue weighted by molar-refractivity contribution is 6.30. The Morgan fingerprint density at radius 3 is 2.58 bits per heavy atom. The van der Waals surface area contributed by atoms with Gasteiger partial charge in [-0.15, -0.1) is 0 Å². The van der Waals surface area contributed by atoms with E-state index in [9.17, 15) is 4.79 Å². The Morgan fingerprint density at radius 2 is 1.92 bits per heavy atom. The molecule has 0 saturated carbocycles. The molecule has 2 N–H and O–H groups in total. The number of hydrogen-bond donors (Lipinski definition) is 2. The molecule has 1 fully saturated rings. The van der Waals surface area contributed by atoms with E-state index in [4.69, 9.17) is 11.6 Å². The van der Waals surface area contributed by atoms with E-state index >= 15 is 0 Å². The first kappa shape index (κ1) is 18.6. The van der Waals surface area contributed by atoms with Crippen LogP contribution in [0.3, 0.4) is 0 Å². The predicted octanol–water partition coefficient (Wildman–Crippen LogP) is 2.45. The molecule has 1 aliphatic heterocycles. The van der Waals surface area contributed by atoms with Crippen molar-refractivity contribution in [1.82, 2.24) is 15.5 Å². The molecule has 1 aromatic carbocycles. The van der Waals surface area contributed by atoms with Gasteiger partial charge in [0.2, 0.25) is 5.91 Å². The van der Waals surface area contributed by atoms with Gasteiger partial charge in [-0.05, 0) is 50.3 Å². The van der Waals surface area contributed by atoms with Crippen molar-refractivity contribution >= 4 is 23.5 Å². The van der Waals surface area contributed by atoms with E-state index in [2.05, 4.69) is 27.8 Å². The van der Waals surface area contributed by atoms with E-state index in [1.54, 1.807) is 0 Å². The summed E-state index contributed by atoms with van der Waals surface area (Å²) in [6, 6.07) is 7.94. The number of carbonyl (C=O) groups is 1. The van der Waals surface area contributed by atoms with Gasteiger partial charge in [0, 0.05) is 31.2 Å². The summed E-state index contributed by atoms with van der Waals surface area (Å²) in [4.78, 5) is 18.3. The Balaban J connectivity index is 1.72. The van der Waals surface area contributed by atoms with Crippen molar-refractivity contribution in [3.63, 3.8) is 0 Å². The normalized spacial score (nSPS) is 14.8. The van der Waals surface area contributed by atoms with E-state index in [0.29, 0.717) is 5.96 Å². The van der Waals surface area contributed by atoms with E-state index in [-0.39, 0.29) is 12.5 Å². The minimum absolute atomic E-state index is 0.117. The van der Waals surface area contributed by atoms with Gasteiger partial charge in [-0.3, -0.25) is 4.79 Å². The number of likely N-dealkylation sites (tertiary alicyclic amines) is 1. The third kappa shape index (κ3) is 6.40. The average Bonchev–Trinajstić information content (AvgIpc) is 3.12. The summed E-state index contributed by atoms with van der Waals surface area (Å²) in [5.41, 5.74) is 1.27. The highest BCUT2D eigenvalue weighted by Gasteiger charge is 2.17. The second kappa shape index (κ2) is 10.2. The number of nitrogens with zero attached hydrogens (tertiary/aromatic N) is 2. The van der Waals surface area contributed by atoms with Crippen molar-refractivity contribution in [2.24, 2.45) is 4.99 Å². The monoisotopic (exact) mass is 350 g/mol. The zero-order valence-corrected chi connectivity index (χ0v) is 15.1. The zero-order chi connectivity index (χ0) is 17.2. The first-order valence-electron chi connectivity index (χ1n) is 8.73. The van der Waals surface area contributed by atoms with Crippen LogP contribution in [0.15, 0.2) is 29.3 Å². The molecule has 0 aliphatic carbocycles. The number of rotatable bonds is 7. The molecule has 24 heavy (non-hydrogen) atoms. The minimum atomic E-state index is 0.117. The van der Waals surface area contributed by atoms with Crippen molar-refractivity contribution in [2.45, 2.75) is 32.6 Å². The molecule has 0 atom stereocenters. The van der Waals surface area contributed by atoms with Gasteiger partial charge in [0.15, 0.2) is 5.96 Å². The van der Waals surface area contributed by atoms with Gasteiger partial charge in [0.1, 0.15) is 6.54 Å². The summed E-state index contributed by atoms with van der Waals surface area (Å²) in [5, 5.41) is 7.24. The molecule has 5 nitrogen and oxygen atoms in total. The van der Waals surface area contributed by atoms with Gasteiger partial charge < -0.3 is 15.5 Å². The maximum Gasteiger partial charge on any atom is 0.244 e. The number of aliphatic imine (C=N–C) groups is 1. The number of carbonyl (C=O) groups excluding carboxylic acids is 1. The summed E-state index contributed by atoms with van der Waals surface area (Å²) >= 11 is 5.89. The molecular weight excluding hydrogens is 324 g/mol. The summed E-state index contributed by atoms with van der Waals surface area (Å²) in [5.74, 6) is 0.826. The Morgan fingerprint density at radius 1 is 1.21 bits per heavy atom. The molecule has 132 valence electrons. The SMILES string of the molecule is CCNC(=NCC(=O)N1CCCC1)NCCCc1ccc(Cl)cc1. The molecule has 0 aromatic heterocycles. The molecule has 0 unspecified atom stereocenters. The largest absolute Gasteiger partial charge is 0.357 e. The lowest BCUT2D eigenvalue weighted by atomic mass is 10.1. The summed E-state index contributed by atoms with van der Waals surface area (Å²) < 4.78 is 0. The van der Waals surface area contributed by atoms with Crippen LogP contribution in [0.2, 0.25) is 5.02 Å². The molecule has 1 saturated heterocycles. The third-order valence-corrected chi connectivity index (χ3v) is 4.28. The molecule has 0 spiro atoms. The van der Waals surface area contributed by atoms with Crippen molar-refractivity contribution in [3.05, 3.63) is 34.9 Å². The number of halogens is 1. The predicted molar refractivity (Wildman–Crippen MR) is 99.6 cm³/mol. The third-order valence-electron chi connectivity index (χ3n) is 4.02. The van der Waals surface area contributed by atoms with Crippen LogP contribution < -0.4 is 10.6 Å². The average molecular weight is 351 g/mol. The molecule has 1 amide bonds. The Hall–Kier alpha value is -1.75. The number of guanidine groups is 1. The van der Waals surface area contributed by atoms with Gasteiger partial charge in [-0.1, -0.05) is 23.7 Å². The van der Waals surface area contributed by atoms with Crippen LogP contribution in [-0.4, -0.2) is 49.5 Å². The standard InChI is InChI=1S/C18H27ClN4O/c1-2-20-18(22-14-17(24)23-12-3-4-13-23)21-11-5-6-15-7-9-16(19)10-8-15/h7-10H,2-6,11-14H2,1H3,(H2,20,21,22). The molecule has 0 bridgehead atoms. The number of aryl methyl sites for hydroxylation is 1. The van der Waals surface area contributed by atoms with E-state index in [1.807, 2.05) is 24.0 Å². The lowest BCUT2D eigenvalue weighted by molar-refractivity contribution is -0.128. The van der Waals surface area contributed by atoms with Gasteiger partial charge >= 0.3 is 0 Å². The number of benzene rings is 1. The smallest absolute Gasteiger partial charge is 0.244 e. The summed E-state index contributed by atoms with van der Waals surface area (Å²) in [6.45, 7) is 5.58. The Labute approximate surface area is 149 Å². The lowest BCUT2D eigenvalue weighted by Crippen LogP contribution is -2.39. The fraction of sp³-hybridized carbons (Fsp3) is 0.556. The molecule has 0 radical (unpaired) electrons. The second-order valence-electron chi connectivity index (χ2n) is 5.94. The van der Waals surface area contributed by atoms with Gasteiger partial charge in [-0.25, -0.2) is 4.99 Å². The second-order valence-corrected chi connectivity index (χ2v) is 6.38. The van der Waals surface area contributed by atoms with E-state index < -0.39 is 0 Å². The Bertz CT molecular complexity index is 538. The summed E-state index contributed by atoms with van der Waals surface area (Å²) in [6.07, 6.45) is 4.19. The van der Waals surface area contributed by atoms with Crippen LogP contribution in [0.5, 0.6) is 0 Å². The van der Waals surface area contributed by atoms with Crippen LogP contribution in [-0.2, 0) is 11.2 Å². The van der Waals surface area contributed by atoms with Crippen molar-refractivity contribution in [2.75, 3.05) is 32.7 Å². The molecular formula is C18H27ClN4O. The highest BCUT2D eigenvalue weighted by Crippen LogP contribution is 2.10. The Kier molecular flexibility index (Phi) is 7.89. The van der Waals surface area contributed by atoms with Gasteiger partial charge in [-0.2, -0.15) is 0 Å². The highest BCUT2D eigenvalue weighted by atomic mass is 35.5. The summed E-state index contributed by atoms with van der Waals surface area (Å²) in [7, 11) is 0. The van der Waals surface area contributed by atoms with Crippen molar-refractivity contribution < 1.29 is 4.79 Å². The van der Waals surface area contributed by atoms with E-state index in [1.165, 1.54) is 5.56 Å².